The van der Waals surface area contributed by atoms with Crippen molar-refractivity contribution in [1.82, 2.24) is 15.0 Å². The van der Waals surface area contributed by atoms with Gasteiger partial charge in [0.25, 0.3) is 10.0 Å². The molecule has 0 unspecified atom stereocenters. The van der Waals surface area contributed by atoms with E-state index in [4.69, 9.17) is 0 Å². The normalized spacial score (nSPS) is 11.4. The molecule has 0 atom stereocenters. The Bertz CT molecular complexity index is 606. The van der Waals surface area contributed by atoms with Crippen molar-refractivity contribution in [3.8, 4) is 0 Å². The van der Waals surface area contributed by atoms with E-state index in [2.05, 4.69) is 15.0 Å². The number of H-pyrrole nitrogens is 1. The van der Waals surface area contributed by atoms with E-state index in [1.54, 1.807) is 25.3 Å². The van der Waals surface area contributed by atoms with Crippen LogP contribution in [-0.2, 0) is 10.0 Å². The number of anilines is 1. The van der Waals surface area contributed by atoms with Gasteiger partial charge < -0.3 is 4.98 Å². The van der Waals surface area contributed by atoms with Gasteiger partial charge in [0.15, 0.2) is 5.03 Å². The van der Waals surface area contributed by atoms with Crippen molar-refractivity contribution in [2.45, 2.75) is 11.9 Å². The predicted octanol–water partition coefficient (Wildman–Crippen LogP) is 0.938. The van der Waals surface area contributed by atoms with E-state index in [1.807, 2.05) is 0 Å². The fourth-order valence-electron chi connectivity index (χ4n) is 1.36. The molecule has 2 heterocycles. The maximum atomic E-state index is 12.2. The molecular formula is C10H12N4O2S. The van der Waals surface area contributed by atoms with Crippen LogP contribution in [0.1, 0.15) is 5.82 Å². The molecule has 0 aromatic carbocycles. The third-order valence-corrected chi connectivity index (χ3v) is 4.02. The summed E-state index contributed by atoms with van der Waals surface area (Å²) in [6.45, 7) is 1.70. The molecule has 0 saturated carbocycles. The molecule has 0 bridgehead atoms. The van der Waals surface area contributed by atoms with Crippen molar-refractivity contribution in [2.75, 3.05) is 11.4 Å². The number of aromatic amines is 1. The molecule has 0 spiro atoms. The van der Waals surface area contributed by atoms with Crippen LogP contribution in [0, 0.1) is 6.92 Å². The lowest BCUT2D eigenvalue weighted by atomic mass is 10.4. The van der Waals surface area contributed by atoms with Crippen LogP contribution in [0.2, 0.25) is 0 Å². The number of aromatic nitrogens is 3. The maximum absolute atomic E-state index is 12.2. The van der Waals surface area contributed by atoms with Crippen LogP contribution in [0.15, 0.2) is 35.7 Å². The molecule has 0 saturated heterocycles. The highest BCUT2D eigenvalue weighted by molar-refractivity contribution is 7.92. The highest BCUT2D eigenvalue weighted by Crippen LogP contribution is 2.19. The van der Waals surface area contributed by atoms with Gasteiger partial charge in [-0.3, -0.25) is 9.29 Å². The van der Waals surface area contributed by atoms with Gasteiger partial charge in [0.05, 0.1) is 18.1 Å². The van der Waals surface area contributed by atoms with Crippen molar-refractivity contribution in [1.29, 1.82) is 0 Å². The highest BCUT2D eigenvalue weighted by atomic mass is 32.2. The standard InChI is InChI=1S/C10H12N4O2S/c1-8-12-7-10(13-8)17(15,16)14(2)9-4-3-5-11-6-9/h3-7H,1-2H3,(H,12,13). The van der Waals surface area contributed by atoms with Gasteiger partial charge in [-0.25, -0.2) is 4.98 Å². The second-order valence-electron chi connectivity index (χ2n) is 3.52. The van der Waals surface area contributed by atoms with Gasteiger partial charge in [0.2, 0.25) is 0 Å². The molecule has 0 aliphatic carbocycles. The third kappa shape index (κ3) is 2.14. The van der Waals surface area contributed by atoms with Crippen LogP contribution in [0.3, 0.4) is 0 Å². The van der Waals surface area contributed by atoms with Crippen LogP contribution in [0.5, 0.6) is 0 Å². The second-order valence-corrected chi connectivity index (χ2v) is 5.45. The fourth-order valence-corrected chi connectivity index (χ4v) is 2.50. The van der Waals surface area contributed by atoms with Crippen LogP contribution < -0.4 is 4.31 Å². The quantitative estimate of drug-likeness (QED) is 0.881. The Balaban J connectivity index is 2.40. The Kier molecular flexibility index (Phi) is 2.84. The first-order valence-corrected chi connectivity index (χ1v) is 6.36. The molecule has 6 nitrogen and oxygen atoms in total. The summed E-state index contributed by atoms with van der Waals surface area (Å²) in [7, 11) is -2.12. The van der Waals surface area contributed by atoms with E-state index in [1.165, 1.54) is 19.4 Å². The SMILES string of the molecule is Cc1ncc(S(=O)(=O)N(C)c2cccnc2)[nH]1. The van der Waals surface area contributed by atoms with Crippen LogP contribution in [0.4, 0.5) is 5.69 Å². The van der Waals surface area contributed by atoms with Gasteiger partial charge in [0.1, 0.15) is 5.82 Å². The molecule has 17 heavy (non-hydrogen) atoms. The Morgan fingerprint density at radius 2 is 2.12 bits per heavy atom. The van der Waals surface area contributed by atoms with E-state index in [0.29, 0.717) is 11.5 Å². The van der Waals surface area contributed by atoms with Gasteiger partial charge >= 0.3 is 0 Å². The first kappa shape index (κ1) is 11.6. The third-order valence-electron chi connectivity index (χ3n) is 2.33. The largest absolute Gasteiger partial charge is 0.332 e. The predicted molar refractivity (Wildman–Crippen MR) is 63.2 cm³/mol. The average Bonchev–Trinajstić information content (AvgIpc) is 2.77. The number of nitrogens with zero attached hydrogens (tertiary/aromatic N) is 3. The summed E-state index contributed by atoms with van der Waals surface area (Å²) in [5.74, 6) is 0.558. The second kappa shape index (κ2) is 4.17. The summed E-state index contributed by atoms with van der Waals surface area (Å²) in [6.07, 6.45) is 4.38. The van der Waals surface area contributed by atoms with E-state index in [0.717, 1.165) is 4.31 Å². The molecule has 0 aliphatic rings. The van der Waals surface area contributed by atoms with Crippen molar-refractivity contribution >= 4 is 15.7 Å². The van der Waals surface area contributed by atoms with Gasteiger partial charge in [-0.2, -0.15) is 8.42 Å². The minimum absolute atomic E-state index is 0.0707. The molecule has 2 aromatic rings. The smallest absolute Gasteiger partial charge is 0.281 e. The number of aryl methyl sites for hydroxylation is 1. The minimum Gasteiger partial charge on any atom is -0.332 e. The van der Waals surface area contributed by atoms with Gasteiger partial charge in [-0.1, -0.05) is 0 Å². The Labute approximate surface area is 99.4 Å². The molecule has 2 aromatic heterocycles. The molecule has 0 fully saturated rings. The Morgan fingerprint density at radius 1 is 1.35 bits per heavy atom. The topological polar surface area (TPSA) is 79.0 Å². The van der Waals surface area contributed by atoms with Gasteiger partial charge in [-0.15, -0.1) is 0 Å². The summed E-state index contributed by atoms with van der Waals surface area (Å²) < 4.78 is 25.5. The molecule has 1 N–H and O–H groups in total. The number of sulfonamides is 1. The molecule has 2 rings (SSSR count). The van der Waals surface area contributed by atoms with Crippen LogP contribution in [-0.4, -0.2) is 30.4 Å². The van der Waals surface area contributed by atoms with E-state index < -0.39 is 10.0 Å². The maximum Gasteiger partial charge on any atom is 0.281 e. The van der Waals surface area contributed by atoms with Crippen molar-refractivity contribution in [3.05, 3.63) is 36.5 Å². The fraction of sp³-hybridized carbons (Fsp3) is 0.200. The van der Waals surface area contributed by atoms with E-state index in [-0.39, 0.29) is 5.03 Å². The monoisotopic (exact) mass is 252 g/mol. The number of pyridine rings is 1. The first-order valence-electron chi connectivity index (χ1n) is 4.92. The first-order chi connectivity index (χ1) is 8.01. The van der Waals surface area contributed by atoms with Crippen LogP contribution >= 0.6 is 0 Å². The molecule has 0 amide bonds. The molecular weight excluding hydrogens is 240 g/mol. The summed E-state index contributed by atoms with van der Waals surface area (Å²) in [5, 5.41) is 0.0707. The lowest BCUT2D eigenvalue weighted by molar-refractivity contribution is 0.591. The zero-order chi connectivity index (χ0) is 12.5. The summed E-state index contributed by atoms with van der Waals surface area (Å²) in [5.41, 5.74) is 0.500. The van der Waals surface area contributed by atoms with Crippen molar-refractivity contribution in [2.24, 2.45) is 0 Å². The number of hydrogen-bond acceptors (Lipinski definition) is 4. The zero-order valence-corrected chi connectivity index (χ0v) is 10.3. The summed E-state index contributed by atoms with van der Waals surface area (Å²) in [6, 6.07) is 3.35. The van der Waals surface area contributed by atoms with Crippen LogP contribution in [0.25, 0.3) is 0 Å². The Hall–Kier alpha value is -1.89. The number of rotatable bonds is 3. The average molecular weight is 252 g/mol. The van der Waals surface area contributed by atoms with Crippen molar-refractivity contribution < 1.29 is 8.42 Å². The number of hydrogen-bond donors (Lipinski definition) is 1. The van der Waals surface area contributed by atoms with E-state index in [9.17, 15) is 8.42 Å². The number of imidazole rings is 1. The number of nitrogens with one attached hydrogen (secondary N) is 1. The Morgan fingerprint density at radius 3 is 2.65 bits per heavy atom. The van der Waals surface area contributed by atoms with Crippen molar-refractivity contribution in [3.63, 3.8) is 0 Å². The van der Waals surface area contributed by atoms with E-state index >= 15 is 0 Å². The summed E-state index contributed by atoms with van der Waals surface area (Å²) in [4.78, 5) is 10.5. The molecule has 7 heteroatoms. The van der Waals surface area contributed by atoms with Gasteiger partial charge in [0, 0.05) is 13.2 Å². The lowest BCUT2D eigenvalue weighted by Crippen LogP contribution is -2.26. The molecule has 0 radical (unpaired) electrons. The summed E-state index contributed by atoms with van der Waals surface area (Å²) >= 11 is 0. The zero-order valence-electron chi connectivity index (χ0n) is 9.45. The lowest BCUT2D eigenvalue weighted by Gasteiger charge is -2.17. The highest BCUT2D eigenvalue weighted by Gasteiger charge is 2.23. The van der Waals surface area contributed by atoms with Gasteiger partial charge in [-0.05, 0) is 19.1 Å². The molecule has 0 aliphatic heterocycles. The minimum atomic E-state index is -3.60. The molecule has 90 valence electrons.